The van der Waals surface area contributed by atoms with Crippen LogP contribution in [0.2, 0.25) is 5.02 Å². The van der Waals surface area contributed by atoms with Gasteiger partial charge in [-0.3, -0.25) is 19.2 Å². The molecule has 2 saturated heterocycles. The monoisotopic (exact) mass is 538 g/mol. The molecule has 0 bridgehead atoms. The van der Waals surface area contributed by atoms with Crippen LogP contribution in [0.5, 0.6) is 0 Å². The number of nitrogens with zero attached hydrogens (tertiary/aromatic N) is 4. The molecule has 0 spiro atoms. The van der Waals surface area contributed by atoms with Crippen LogP contribution in [0.1, 0.15) is 16.7 Å². The molecular weight excluding hydrogens is 520 g/mol. The van der Waals surface area contributed by atoms with E-state index in [1.165, 1.54) is 23.0 Å². The summed E-state index contributed by atoms with van der Waals surface area (Å²) < 4.78 is 56.2. The minimum Gasteiger partial charge on any atom is -0.301 e. The van der Waals surface area contributed by atoms with Gasteiger partial charge in [-0.1, -0.05) is 23.7 Å². The number of alkyl halides is 4. The first-order valence-corrected chi connectivity index (χ1v) is 12.1. The number of likely N-dealkylation sites (N-methyl/N-ethyl adjacent to an activating group) is 1. The number of benzene rings is 2. The van der Waals surface area contributed by atoms with E-state index in [-0.39, 0.29) is 35.1 Å². The number of carbonyl (C=O) groups is 2. The summed E-state index contributed by atoms with van der Waals surface area (Å²) in [5, 5.41) is 4.36. The number of carbonyl (C=O) groups excluding carboxylic acids is 2. The third kappa shape index (κ3) is 4.62. The van der Waals surface area contributed by atoms with Gasteiger partial charge in [-0.15, -0.1) is 0 Å². The molecule has 5 rings (SSSR count). The minimum atomic E-state index is -4.56. The summed E-state index contributed by atoms with van der Waals surface area (Å²) in [4.78, 5) is 28.3. The number of halogens is 5. The molecule has 1 aromatic heterocycles. The zero-order valence-electron chi connectivity index (χ0n) is 18.8. The Morgan fingerprint density at radius 2 is 1.94 bits per heavy atom. The van der Waals surface area contributed by atoms with Gasteiger partial charge in [-0.05, 0) is 60.3 Å². The molecule has 3 heterocycles. The van der Waals surface area contributed by atoms with E-state index in [1.807, 2.05) is 0 Å². The summed E-state index contributed by atoms with van der Waals surface area (Å²) in [7, 11) is 1.73. The number of likely N-dealkylation sites (tertiary alicyclic amines) is 1. The normalized spacial score (nSPS) is 22.5. The fourth-order valence-corrected chi connectivity index (χ4v) is 5.58. The Morgan fingerprint density at radius 3 is 2.64 bits per heavy atom. The van der Waals surface area contributed by atoms with Gasteiger partial charge in [0.25, 0.3) is 11.1 Å². The van der Waals surface area contributed by atoms with Crippen molar-refractivity contribution in [1.82, 2.24) is 19.6 Å². The van der Waals surface area contributed by atoms with Gasteiger partial charge in [0.05, 0.1) is 34.8 Å². The summed E-state index contributed by atoms with van der Waals surface area (Å²) in [5.41, 5.74) is 0.404. The molecule has 6 nitrogen and oxygen atoms in total. The van der Waals surface area contributed by atoms with Gasteiger partial charge in [-0.25, -0.2) is 4.39 Å². The van der Waals surface area contributed by atoms with E-state index in [0.717, 1.165) is 22.7 Å². The summed E-state index contributed by atoms with van der Waals surface area (Å²) in [5.74, 6) is -0.536. The molecule has 0 saturated carbocycles. The molecular formula is C24H19ClF4N4O2S. The van der Waals surface area contributed by atoms with Gasteiger partial charge < -0.3 is 4.90 Å². The quantitative estimate of drug-likeness (QED) is 0.327. The van der Waals surface area contributed by atoms with Gasteiger partial charge in [0, 0.05) is 23.5 Å². The van der Waals surface area contributed by atoms with E-state index >= 15 is 0 Å². The number of imide groups is 1. The summed E-state index contributed by atoms with van der Waals surface area (Å²) in [6, 6.07) is 7.89. The lowest BCUT2D eigenvalue weighted by Gasteiger charge is -2.21. The highest BCUT2D eigenvalue weighted by molar-refractivity contribution is 8.18. The van der Waals surface area contributed by atoms with Crippen LogP contribution in [0.3, 0.4) is 0 Å². The van der Waals surface area contributed by atoms with Crippen molar-refractivity contribution in [3.8, 4) is 0 Å². The minimum absolute atomic E-state index is 0.00700. The second-order valence-corrected chi connectivity index (χ2v) is 10.2. The molecule has 2 fully saturated rings. The summed E-state index contributed by atoms with van der Waals surface area (Å²) in [6.07, 6.45) is -2.79. The maximum atomic E-state index is 14.3. The molecule has 2 amide bonds. The van der Waals surface area contributed by atoms with Crippen LogP contribution in [0.4, 0.5) is 22.4 Å². The second-order valence-electron chi connectivity index (χ2n) is 8.78. The molecule has 2 atom stereocenters. The van der Waals surface area contributed by atoms with E-state index in [4.69, 9.17) is 11.6 Å². The van der Waals surface area contributed by atoms with Crippen molar-refractivity contribution in [1.29, 1.82) is 0 Å². The predicted octanol–water partition coefficient (Wildman–Crippen LogP) is 5.45. The van der Waals surface area contributed by atoms with Crippen LogP contribution in [-0.4, -0.2) is 63.1 Å². The van der Waals surface area contributed by atoms with Crippen LogP contribution < -0.4 is 0 Å². The Bertz CT molecular complexity index is 1410. The van der Waals surface area contributed by atoms with E-state index in [0.29, 0.717) is 16.5 Å². The molecule has 36 heavy (non-hydrogen) atoms. The van der Waals surface area contributed by atoms with Crippen LogP contribution >= 0.6 is 23.4 Å². The highest BCUT2D eigenvalue weighted by atomic mass is 35.5. The zero-order chi connectivity index (χ0) is 25.8. The van der Waals surface area contributed by atoms with E-state index in [1.54, 1.807) is 36.2 Å². The number of hydrogen-bond acceptors (Lipinski definition) is 5. The fraction of sp³-hybridized carbons (Fsp3) is 0.292. The van der Waals surface area contributed by atoms with Gasteiger partial charge >= 0.3 is 6.18 Å². The zero-order valence-corrected chi connectivity index (χ0v) is 20.4. The molecule has 0 N–H and O–H groups in total. The standard InChI is InChI=1S/C24H19ClF4N4O2S/c1-31-11-18(26)20(12-31)33-22(34)21(36-23(33)35)7-13-2-5-19-15(6-13)9-30-32(19)10-14-3-4-16(25)8-17(14)24(27,28)29/h2-9,18,20H,10-12H2,1H3/t18-,20+/m0/s1. The smallest absolute Gasteiger partial charge is 0.301 e. The summed E-state index contributed by atoms with van der Waals surface area (Å²) in [6.45, 7) is 0.321. The second kappa shape index (κ2) is 9.20. The van der Waals surface area contributed by atoms with Gasteiger partial charge in [-0.2, -0.15) is 18.3 Å². The molecule has 2 aliphatic rings. The Labute approximate surface area is 212 Å². The van der Waals surface area contributed by atoms with Crippen LogP contribution in [0.15, 0.2) is 47.5 Å². The van der Waals surface area contributed by atoms with Gasteiger partial charge in [0.15, 0.2) is 0 Å². The third-order valence-corrected chi connectivity index (χ3v) is 7.34. The number of fused-ring (bicyclic) bond motifs is 1. The maximum absolute atomic E-state index is 14.3. The largest absolute Gasteiger partial charge is 0.416 e. The maximum Gasteiger partial charge on any atom is 0.416 e. The van der Waals surface area contributed by atoms with Crippen molar-refractivity contribution in [3.05, 3.63) is 69.2 Å². The van der Waals surface area contributed by atoms with E-state index < -0.39 is 35.1 Å². The lowest BCUT2D eigenvalue weighted by molar-refractivity contribution is -0.138. The SMILES string of the molecule is CN1C[C@@H](N2C(=O)SC(=Cc3ccc4c(cnn4Cc4ccc(Cl)cc4C(F)(F)F)c3)C2=O)[C@@H](F)C1. The number of hydrogen-bond donors (Lipinski definition) is 0. The van der Waals surface area contributed by atoms with E-state index in [2.05, 4.69) is 5.10 Å². The molecule has 0 radical (unpaired) electrons. The fourth-order valence-electron chi connectivity index (χ4n) is 4.52. The van der Waals surface area contributed by atoms with Crippen molar-refractivity contribution in [2.75, 3.05) is 20.1 Å². The number of thioether (sulfide) groups is 1. The van der Waals surface area contributed by atoms with Crippen LogP contribution in [0, 0.1) is 0 Å². The van der Waals surface area contributed by atoms with E-state index in [9.17, 15) is 27.2 Å². The Balaban J connectivity index is 1.40. The Kier molecular flexibility index (Phi) is 6.34. The molecule has 3 aromatic rings. The molecule has 0 unspecified atom stereocenters. The first-order chi connectivity index (χ1) is 17.0. The first kappa shape index (κ1) is 24.8. The van der Waals surface area contributed by atoms with Gasteiger partial charge in [0.2, 0.25) is 0 Å². The van der Waals surface area contributed by atoms with Crippen LogP contribution in [-0.2, 0) is 17.5 Å². The van der Waals surface area contributed by atoms with Crippen molar-refractivity contribution >= 4 is 51.5 Å². The average Bonchev–Trinajstić information content (AvgIpc) is 3.43. The van der Waals surface area contributed by atoms with Crippen LogP contribution in [0.25, 0.3) is 17.0 Å². The number of rotatable bonds is 4. The van der Waals surface area contributed by atoms with Crippen molar-refractivity contribution in [2.24, 2.45) is 0 Å². The highest BCUT2D eigenvalue weighted by Gasteiger charge is 2.46. The number of aromatic nitrogens is 2. The van der Waals surface area contributed by atoms with Crippen molar-refractivity contribution < 1.29 is 27.2 Å². The molecule has 2 aromatic carbocycles. The van der Waals surface area contributed by atoms with Gasteiger partial charge in [0.1, 0.15) is 6.17 Å². The lowest BCUT2D eigenvalue weighted by Crippen LogP contribution is -2.44. The molecule has 0 aliphatic carbocycles. The molecule has 188 valence electrons. The topological polar surface area (TPSA) is 58.4 Å². The molecule has 12 heteroatoms. The highest BCUT2D eigenvalue weighted by Crippen LogP contribution is 2.37. The third-order valence-electron chi connectivity index (χ3n) is 6.22. The Hall–Kier alpha value is -2.89. The number of amides is 2. The molecule has 2 aliphatic heterocycles. The predicted molar refractivity (Wildman–Crippen MR) is 129 cm³/mol. The summed E-state index contributed by atoms with van der Waals surface area (Å²) >= 11 is 6.53. The van der Waals surface area contributed by atoms with Crippen molar-refractivity contribution in [2.45, 2.75) is 24.9 Å². The van der Waals surface area contributed by atoms with Crippen molar-refractivity contribution in [3.63, 3.8) is 0 Å². The average molecular weight is 539 g/mol. The first-order valence-electron chi connectivity index (χ1n) is 10.9. The lowest BCUT2D eigenvalue weighted by atomic mass is 10.1. The Morgan fingerprint density at radius 1 is 1.17 bits per heavy atom.